The van der Waals surface area contributed by atoms with E-state index in [1.165, 1.54) is 0 Å². The molecule has 2 unspecified atom stereocenters. The van der Waals surface area contributed by atoms with Crippen LogP contribution in [-0.4, -0.2) is 55.8 Å². The highest BCUT2D eigenvalue weighted by Crippen LogP contribution is 2.19. The Balaban J connectivity index is 2.71. The van der Waals surface area contributed by atoms with Crippen LogP contribution in [0.1, 0.15) is 0 Å². The van der Waals surface area contributed by atoms with Crippen molar-refractivity contribution in [2.45, 2.75) is 12.3 Å². The molecule has 0 aromatic heterocycles. The molecular weight excluding hydrogens is 162 g/mol. The summed E-state index contributed by atoms with van der Waals surface area (Å²) in [5.41, 5.74) is 0. The van der Waals surface area contributed by atoms with Crippen molar-refractivity contribution in [3.05, 3.63) is 0 Å². The van der Waals surface area contributed by atoms with E-state index in [0.29, 0.717) is 4.48 Å². The lowest BCUT2D eigenvalue weighted by atomic mass is 10.3. The molecule has 1 N–H and O–H groups in total. The van der Waals surface area contributed by atoms with Crippen LogP contribution in [-0.2, 0) is 14.3 Å². The Bertz CT molecular complexity index is 186. The molecule has 5 heteroatoms. The van der Waals surface area contributed by atoms with Crippen molar-refractivity contribution in [3.63, 3.8) is 0 Å². The van der Waals surface area contributed by atoms with Gasteiger partial charge in [0.15, 0.2) is 6.79 Å². The first-order chi connectivity index (χ1) is 5.43. The van der Waals surface area contributed by atoms with Gasteiger partial charge in [0.05, 0.1) is 21.1 Å². The van der Waals surface area contributed by atoms with Crippen LogP contribution in [0.5, 0.6) is 0 Å². The van der Waals surface area contributed by atoms with Gasteiger partial charge in [-0.15, -0.1) is 0 Å². The molecule has 1 rings (SSSR count). The van der Waals surface area contributed by atoms with Crippen LogP contribution in [0.15, 0.2) is 0 Å². The quantitative estimate of drug-likeness (QED) is 0.575. The highest BCUT2D eigenvalue weighted by atomic mass is 16.7. The first kappa shape index (κ1) is 9.44. The Morgan fingerprint density at radius 1 is 1.42 bits per heavy atom. The average molecular weight is 176 g/mol. The van der Waals surface area contributed by atoms with Crippen LogP contribution >= 0.6 is 0 Å². The number of carboxylic acid groups (broad SMARTS) is 1. The van der Waals surface area contributed by atoms with Crippen molar-refractivity contribution < 1.29 is 23.9 Å². The first-order valence-electron chi connectivity index (χ1n) is 3.70. The standard InChI is InChI=1S/C7H13NO4/c1-8(2,3)6-5(7(9)10)11-4-12-6/h5-6H,4H2,1-3H3/p+1. The van der Waals surface area contributed by atoms with E-state index >= 15 is 0 Å². The maximum atomic E-state index is 10.6. The molecule has 0 aliphatic carbocycles. The van der Waals surface area contributed by atoms with Crippen LogP contribution < -0.4 is 0 Å². The number of carbonyl (C=O) groups is 1. The van der Waals surface area contributed by atoms with Crippen LogP contribution in [0.25, 0.3) is 0 Å². The van der Waals surface area contributed by atoms with Crippen LogP contribution in [0.3, 0.4) is 0 Å². The molecule has 12 heavy (non-hydrogen) atoms. The fourth-order valence-electron chi connectivity index (χ4n) is 1.18. The third kappa shape index (κ3) is 1.74. The molecule has 0 bridgehead atoms. The van der Waals surface area contributed by atoms with E-state index in [9.17, 15) is 4.79 Å². The summed E-state index contributed by atoms with van der Waals surface area (Å²) in [4.78, 5) is 10.6. The Kier molecular flexibility index (Phi) is 2.36. The number of rotatable bonds is 2. The number of quaternary nitrogens is 1. The number of hydrogen-bond acceptors (Lipinski definition) is 3. The van der Waals surface area contributed by atoms with Crippen LogP contribution in [0.2, 0.25) is 0 Å². The summed E-state index contributed by atoms with van der Waals surface area (Å²) in [6, 6.07) is 0. The Morgan fingerprint density at radius 2 is 2.00 bits per heavy atom. The number of hydrogen-bond donors (Lipinski definition) is 1. The lowest BCUT2D eigenvalue weighted by Crippen LogP contribution is -2.52. The molecule has 0 spiro atoms. The third-order valence-electron chi connectivity index (χ3n) is 1.75. The first-order valence-corrected chi connectivity index (χ1v) is 3.70. The van der Waals surface area contributed by atoms with Crippen LogP contribution in [0.4, 0.5) is 0 Å². The van der Waals surface area contributed by atoms with Gasteiger partial charge in [0.1, 0.15) is 0 Å². The molecule has 5 nitrogen and oxygen atoms in total. The van der Waals surface area contributed by atoms with E-state index in [1.807, 2.05) is 21.1 Å². The fourth-order valence-corrected chi connectivity index (χ4v) is 1.18. The number of aliphatic carboxylic acids is 1. The van der Waals surface area contributed by atoms with Gasteiger partial charge in [-0.3, -0.25) is 4.74 Å². The van der Waals surface area contributed by atoms with Gasteiger partial charge >= 0.3 is 5.97 Å². The summed E-state index contributed by atoms with van der Waals surface area (Å²) in [5.74, 6) is -0.967. The van der Waals surface area contributed by atoms with Gasteiger partial charge in [0.2, 0.25) is 12.3 Å². The molecule has 2 atom stereocenters. The molecule has 0 aromatic carbocycles. The largest absolute Gasteiger partial charge is 0.479 e. The summed E-state index contributed by atoms with van der Waals surface area (Å²) in [6.07, 6.45) is -1.26. The van der Waals surface area contributed by atoms with Gasteiger partial charge in [-0.05, 0) is 0 Å². The lowest BCUT2D eigenvalue weighted by molar-refractivity contribution is -0.917. The van der Waals surface area contributed by atoms with Crippen molar-refractivity contribution in [2.75, 3.05) is 27.9 Å². The average Bonchev–Trinajstić information content (AvgIpc) is 2.30. The van der Waals surface area contributed by atoms with Gasteiger partial charge in [-0.2, -0.15) is 0 Å². The number of likely N-dealkylation sites (N-methyl/N-ethyl adjacent to an activating group) is 1. The van der Waals surface area contributed by atoms with E-state index < -0.39 is 18.3 Å². The van der Waals surface area contributed by atoms with E-state index in [1.54, 1.807) is 0 Å². The van der Waals surface area contributed by atoms with Crippen molar-refractivity contribution in [2.24, 2.45) is 0 Å². The molecule has 1 saturated heterocycles. The van der Waals surface area contributed by atoms with Crippen LogP contribution in [0, 0.1) is 0 Å². The number of carboxylic acids is 1. The molecule has 0 aromatic rings. The second-order valence-electron chi connectivity index (χ2n) is 3.72. The Labute approximate surface area is 71.1 Å². The van der Waals surface area contributed by atoms with Crippen molar-refractivity contribution >= 4 is 5.97 Å². The van der Waals surface area contributed by atoms with Crippen molar-refractivity contribution in [1.29, 1.82) is 0 Å². The molecule has 0 radical (unpaired) electrons. The van der Waals surface area contributed by atoms with Crippen molar-refractivity contribution in [1.82, 2.24) is 0 Å². The minimum absolute atomic E-state index is 0.0666. The summed E-state index contributed by atoms with van der Waals surface area (Å²) in [6.45, 7) is 0.0666. The smallest absolute Gasteiger partial charge is 0.342 e. The summed E-state index contributed by atoms with van der Waals surface area (Å²) >= 11 is 0. The molecule has 1 aliphatic rings. The zero-order chi connectivity index (χ0) is 9.35. The summed E-state index contributed by atoms with van der Waals surface area (Å²) in [7, 11) is 5.61. The van der Waals surface area contributed by atoms with E-state index in [0.717, 1.165) is 0 Å². The third-order valence-corrected chi connectivity index (χ3v) is 1.75. The lowest BCUT2D eigenvalue weighted by Gasteiger charge is -2.30. The van der Waals surface area contributed by atoms with Gasteiger partial charge < -0.3 is 14.3 Å². The maximum Gasteiger partial charge on any atom is 0.342 e. The highest BCUT2D eigenvalue weighted by molar-refractivity contribution is 5.73. The fraction of sp³-hybridized carbons (Fsp3) is 0.857. The highest BCUT2D eigenvalue weighted by Gasteiger charge is 2.44. The SMILES string of the molecule is C[N+](C)(C)C1OCOC1C(=O)O. The minimum atomic E-state index is -0.967. The zero-order valence-corrected chi connectivity index (χ0v) is 7.48. The molecule has 1 fully saturated rings. The monoisotopic (exact) mass is 176 g/mol. The molecule has 1 aliphatic heterocycles. The van der Waals surface area contributed by atoms with E-state index in [-0.39, 0.29) is 6.79 Å². The molecular formula is C7H14NO4+. The minimum Gasteiger partial charge on any atom is -0.479 e. The number of nitrogens with zero attached hydrogens (tertiary/aromatic N) is 1. The van der Waals surface area contributed by atoms with Gasteiger partial charge in [0, 0.05) is 0 Å². The van der Waals surface area contributed by atoms with Crippen molar-refractivity contribution in [3.8, 4) is 0 Å². The second-order valence-corrected chi connectivity index (χ2v) is 3.72. The maximum absolute atomic E-state index is 10.6. The Morgan fingerprint density at radius 3 is 2.33 bits per heavy atom. The van der Waals surface area contributed by atoms with Gasteiger partial charge in [-0.1, -0.05) is 0 Å². The normalized spacial score (nSPS) is 30.6. The Hall–Kier alpha value is -0.650. The van der Waals surface area contributed by atoms with E-state index in [4.69, 9.17) is 14.6 Å². The predicted molar refractivity (Wildman–Crippen MR) is 40.3 cm³/mol. The molecule has 0 saturated carbocycles. The predicted octanol–water partition coefficient (Wildman–Crippen LogP) is -0.524. The zero-order valence-electron chi connectivity index (χ0n) is 7.48. The van der Waals surface area contributed by atoms with E-state index in [2.05, 4.69) is 0 Å². The number of ether oxygens (including phenoxy) is 2. The summed E-state index contributed by atoms with van der Waals surface area (Å²) < 4.78 is 10.5. The molecule has 1 heterocycles. The topological polar surface area (TPSA) is 55.8 Å². The molecule has 0 amide bonds. The molecule has 70 valence electrons. The summed E-state index contributed by atoms with van der Waals surface area (Å²) in [5, 5.41) is 8.73. The van der Waals surface area contributed by atoms with Gasteiger partial charge in [-0.25, -0.2) is 4.79 Å². The van der Waals surface area contributed by atoms with Gasteiger partial charge in [0.25, 0.3) is 0 Å². The second kappa shape index (κ2) is 3.01.